The Morgan fingerprint density at radius 2 is 1.55 bits per heavy atom. The molecule has 1 aromatic rings. The lowest BCUT2D eigenvalue weighted by atomic mass is 10.0. The third kappa shape index (κ3) is 4.76. The highest BCUT2D eigenvalue weighted by molar-refractivity contribution is 8.18. The summed E-state index contributed by atoms with van der Waals surface area (Å²) >= 11 is 2.48. The molecule has 1 rings (SSSR count). The highest BCUT2D eigenvalue weighted by Crippen LogP contribution is 2.46. The number of hydrogen-bond acceptors (Lipinski definition) is 4. The minimum Gasteiger partial charge on any atom is -0.481 e. The molecule has 0 saturated carbocycles. The van der Waals surface area contributed by atoms with Crippen LogP contribution in [0, 0.1) is 13.8 Å². The molecule has 0 aromatic heterocycles. The lowest BCUT2D eigenvalue weighted by Crippen LogP contribution is -2.19. The minimum absolute atomic E-state index is 0.0595. The Morgan fingerprint density at radius 3 is 1.95 bits per heavy atom. The predicted octanol–water partition coefficient (Wildman–Crippen LogP) is 3.11. The molecule has 0 atom stereocenters. The van der Waals surface area contributed by atoms with E-state index in [2.05, 4.69) is 0 Å². The number of rotatable bonds is 7. The SMILES string of the molecule is Cc1ccc(C(C)(SCC(=O)O)SCC(=O)O)cc1C. The molecule has 110 valence electrons. The molecule has 0 aliphatic carbocycles. The largest absolute Gasteiger partial charge is 0.481 e. The van der Waals surface area contributed by atoms with Gasteiger partial charge in [0.2, 0.25) is 0 Å². The zero-order valence-electron chi connectivity index (χ0n) is 11.7. The van der Waals surface area contributed by atoms with E-state index in [1.807, 2.05) is 39.0 Å². The zero-order chi connectivity index (χ0) is 15.3. The van der Waals surface area contributed by atoms with Gasteiger partial charge in [-0.05, 0) is 37.5 Å². The molecule has 0 amide bonds. The van der Waals surface area contributed by atoms with E-state index in [9.17, 15) is 9.59 Å². The van der Waals surface area contributed by atoms with Crippen molar-refractivity contribution in [3.8, 4) is 0 Å². The maximum Gasteiger partial charge on any atom is 0.313 e. The molecule has 2 N–H and O–H groups in total. The fraction of sp³-hybridized carbons (Fsp3) is 0.429. The molecule has 0 spiro atoms. The second-order valence-corrected chi connectivity index (χ2v) is 7.66. The van der Waals surface area contributed by atoms with Crippen LogP contribution >= 0.6 is 23.5 Å². The lowest BCUT2D eigenvalue weighted by Gasteiger charge is -2.28. The van der Waals surface area contributed by atoms with Crippen molar-refractivity contribution < 1.29 is 19.8 Å². The molecule has 6 heteroatoms. The van der Waals surface area contributed by atoms with Crippen LogP contribution in [-0.4, -0.2) is 33.7 Å². The molecule has 0 fully saturated rings. The van der Waals surface area contributed by atoms with E-state index in [0.29, 0.717) is 0 Å². The summed E-state index contributed by atoms with van der Waals surface area (Å²) in [6.45, 7) is 5.87. The van der Waals surface area contributed by atoms with Crippen LogP contribution in [0.4, 0.5) is 0 Å². The smallest absolute Gasteiger partial charge is 0.313 e. The molecule has 0 bridgehead atoms. The normalized spacial score (nSPS) is 11.3. The van der Waals surface area contributed by atoms with Crippen molar-refractivity contribution in [2.75, 3.05) is 11.5 Å². The first kappa shape index (κ1) is 16.9. The van der Waals surface area contributed by atoms with E-state index in [1.165, 1.54) is 23.5 Å². The maximum absolute atomic E-state index is 10.8. The Labute approximate surface area is 127 Å². The third-order valence-corrected chi connectivity index (χ3v) is 6.04. The summed E-state index contributed by atoms with van der Waals surface area (Å²) in [4.78, 5) is 21.6. The molecule has 0 aliphatic rings. The number of carboxylic acid groups (broad SMARTS) is 2. The standard InChI is InChI=1S/C14H18O4S2/c1-9-4-5-11(6-10(9)2)14(3,19-7-12(15)16)20-8-13(17)18/h4-6H,7-8H2,1-3H3,(H,15,16)(H,17,18). The number of carboxylic acids is 2. The second-order valence-electron chi connectivity index (χ2n) is 4.61. The van der Waals surface area contributed by atoms with Crippen LogP contribution in [0.25, 0.3) is 0 Å². The fourth-order valence-corrected chi connectivity index (χ4v) is 3.70. The summed E-state index contributed by atoms with van der Waals surface area (Å²) in [7, 11) is 0. The molecule has 0 aliphatic heterocycles. The van der Waals surface area contributed by atoms with Crippen LogP contribution in [0.5, 0.6) is 0 Å². The summed E-state index contributed by atoms with van der Waals surface area (Å²) in [5, 5.41) is 17.7. The number of carbonyl (C=O) groups is 2. The van der Waals surface area contributed by atoms with Crippen molar-refractivity contribution in [2.45, 2.75) is 24.9 Å². The van der Waals surface area contributed by atoms with E-state index in [1.54, 1.807) is 0 Å². The highest BCUT2D eigenvalue weighted by Gasteiger charge is 2.30. The molecule has 20 heavy (non-hydrogen) atoms. The third-order valence-electron chi connectivity index (χ3n) is 2.97. The topological polar surface area (TPSA) is 74.6 Å². The molecule has 4 nitrogen and oxygen atoms in total. The van der Waals surface area contributed by atoms with Crippen LogP contribution < -0.4 is 0 Å². The summed E-state index contributed by atoms with van der Waals surface area (Å²) in [5.41, 5.74) is 3.21. The van der Waals surface area contributed by atoms with Gasteiger partial charge in [-0.15, -0.1) is 23.5 Å². The van der Waals surface area contributed by atoms with Gasteiger partial charge in [0.25, 0.3) is 0 Å². The second kappa shape index (κ2) is 7.04. The molecule has 0 unspecified atom stereocenters. The Morgan fingerprint density at radius 1 is 1.05 bits per heavy atom. The van der Waals surface area contributed by atoms with Gasteiger partial charge in [0, 0.05) is 0 Å². The maximum atomic E-state index is 10.8. The Hall–Kier alpha value is -1.14. The minimum atomic E-state index is -0.902. The quantitative estimate of drug-likeness (QED) is 0.753. The Balaban J connectivity index is 3.03. The number of thioether (sulfide) groups is 2. The van der Waals surface area contributed by atoms with Crippen LogP contribution in [0.3, 0.4) is 0 Å². The molecule has 0 heterocycles. The molecule has 1 aromatic carbocycles. The fourth-order valence-electron chi connectivity index (χ4n) is 1.63. The average Bonchev–Trinajstić information content (AvgIpc) is 2.37. The summed E-state index contributed by atoms with van der Waals surface area (Å²) in [6, 6.07) is 5.91. The van der Waals surface area contributed by atoms with E-state index in [4.69, 9.17) is 10.2 Å². The van der Waals surface area contributed by atoms with Gasteiger partial charge in [0.05, 0.1) is 15.6 Å². The van der Waals surface area contributed by atoms with Crippen molar-refractivity contribution >= 4 is 35.5 Å². The monoisotopic (exact) mass is 314 g/mol. The van der Waals surface area contributed by atoms with Gasteiger partial charge < -0.3 is 10.2 Å². The van der Waals surface area contributed by atoms with Gasteiger partial charge in [-0.3, -0.25) is 9.59 Å². The molecular weight excluding hydrogens is 296 g/mol. The van der Waals surface area contributed by atoms with E-state index in [-0.39, 0.29) is 11.5 Å². The van der Waals surface area contributed by atoms with Gasteiger partial charge in [0.1, 0.15) is 0 Å². The highest BCUT2D eigenvalue weighted by atomic mass is 32.2. The first-order chi connectivity index (χ1) is 9.24. The van der Waals surface area contributed by atoms with Crippen LogP contribution in [0.2, 0.25) is 0 Å². The van der Waals surface area contributed by atoms with Crippen molar-refractivity contribution in [3.05, 3.63) is 34.9 Å². The molecular formula is C14H18O4S2. The van der Waals surface area contributed by atoms with E-state index < -0.39 is 16.0 Å². The van der Waals surface area contributed by atoms with Gasteiger partial charge in [-0.25, -0.2) is 0 Å². The zero-order valence-corrected chi connectivity index (χ0v) is 13.3. The number of aliphatic carboxylic acids is 2. The van der Waals surface area contributed by atoms with Crippen molar-refractivity contribution in [3.63, 3.8) is 0 Å². The summed E-state index contributed by atoms with van der Waals surface area (Å²) in [6.07, 6.45) is 0. The van der Waals surface area contributed by atoms with E-state index in [0.717, 1.165) is 16.7 Å². The molecule has 0 radical (unpaired) electrons. The van der Waals surface area contributed by atoms with Gasteiger partial charge in [0.15, 0.2) is 0 Å². The van der Waals surface area contributed by atoms with Crippen molar-refractivity contribution in [2.24, 2.45) is 0 Å². The van der Waals surface area contributed by atoms with E-state index >= 15 is 0 Å². The van der Waals surface area contributed by atoms with Crippen LogP contribution in [0.1, 0.15) is 23.6 Å². The Kier molecular flexibility index (Phi) is 5.95. The average molecular weight is 314 g/mol. The van der Waals surface area contributed by atoms with Crippen molar-refractivity contribution in [1.29, 1.82) is 0 Å². The summed E-state index contributed by atoms with van der Waals surface area (Å²) in [5.74, 6) is -1.92. The number of hydrogen-bond donors (Lipinski definition) is 2. The van der Waals surface area contributed by atoms with Crippen LogP contribution in [0.15, 0.2) is 18.2 Å². The predicted molar refractivity (Wildman–Crippen MR) is 83.5 cm³/mol. The van der Waals surface area contributed by atoms with Crippen molar-refractivity contribution in [1.82, 2.24) is 0 Å². The Bertz CT molecular complexity index is 496. The number of aryl methyl sites for hydroxylation is 2. The van der Waals surface area contributed by atoms with Gasteiger partial charge in [-0.2, -0.15) is 0 Å². The summed E-state index contributed by atoms with van der Waals surface area (Å²) < 4.78 is -0.588. The number of benzene rings is 1. The van der Waals surface area contributed by atoms with Crippen LogP contribution in [-0.2, 0) is 13.7 Å². The first-order valence-corrected chi connectivity index (χ1v) is 8.01. The lowest BCUT2D eigenvalue weighted by molar-refractivity contribution is -0.134. The first-order valence-electron chi connectivity index (χ1n) is 6.04. The molecule has 0 saturated heterocycles. The van der Waals surface area contributed by atoms with Gasteiger partial charge in [-0.1, -0.05) is 18.2 Å². The van der Waals surface area contributed by atoms with Gasteiger partial charge >= 0.3 is 11.9 Å².